The molecule has 0 aromatic heterocycles. The number of piperidine rings is 1. The van der Waals surface area contributed by atoms with Gasteiger partial charge in [-0.3, -0.25) is 4.90 Å². The van der Waals surface area contributed by atoms with Crippen molar-refractivity contribution < 1.29 is 13.2 Å². The molecule has 0 aliphatic carbocycles. The summed E-state index contributed by atoms with van der Waals surface area (Å²) in [5.41, 5.74) is 0. The molecular weight excluding hydrogens is 404 g/mol. The molecule has 8 heteroatoms. The van der Waals surface area contributed by atoms with Crippen molar-refractivity contribution in [2.24, 2.45) is 0 Å². The zero-order valence-corrected chi connectivity index (χ0v) is 16.0. The zero-order valence-electron chi connectivity index (χ0n) is 12.9. The molecule has 0 amide bonds. The van der Waals surface area contributed by atoms with Crippen LogP contribution in [0.25, 0.3) is 0 Å². The minimum atomic E-state index is -3.70. The molecule has 1 aromatic rings. The van der Waals surface area contributed by atoms with Crippen LogP contribution in [0.5, 0.6) is 5.75 Å². The third kappa shape index (κ3) is 3.54. The van der Waals surface area contributed by atoms with Gasteiger partial charge >= 0.3 is 0 Å². The molecule has 1 N–H and O–H groups in total. The maximum absolute atomic E-state index is 12.9. The number of sulfonamides is 1. The van der Waals surface area contributed by atoms with E-state index in [0.717, 1.165) is 32.4 Å². The Kier molecular flexibility index (Phi) is 5.23. The second-order valence-corrected chi connectivity index (χ2v) is 9.01. The van der Waals surface area contributed by atoms with Crippen molar-refractivity contribution >= 4 is 37.6 Å². The van der Waals surface area contributed by atoms with Crippen LogP contribution in [0.4, 0.5) is 0 Å². The zero-order chi connectivity index (χ0) is 16.6. The number of methoxy groups -OCH3 is 1. The Morgan fingerprint density at radius 3 is 2.83 bits per heavy atom. The Hall–Kier alpha value is -0.340. The fourth-order valence-corrected chi connectivity index (χ4v) is 6.27. The molecule has 0 bridgehead atoms. The summed E-state index contributed by atoms with van der Waals surface area (Å²) in [4.78, 5) is 2.47. The van der Waals surface area contributed by atoms with Gasteiger partial charge < -0.3 is 4.74 Å². The predicted molar refractivity (Wildman–Crippen MR) is 93.6 cm³/mol. The second kappa shape index (κ2) is 6.88. The Labute approximate surface area is 150 Å². The molecule has 2 unspecified atom stereocenters. The van der Waals surface area contributed by atoms with Gasteiger partial charge in [0.1, 0.15) is 4.90 Å². The van der Waals surface area contributed by atoms with E-state index in [9.17, 15) is 8.42 Å². The topological polar surface area (TPSA) is 58.6 Å². The first kappa shape index (κ1) is 17.5. The van der Waals surface area contributed by atoms with E-state index in [1.165, 1.54) is 19.6 Å². The third-order valence-corrected chi connectivity index (χ3v) is 6.93. The molecule has 1 aromatic carbocycles. The first-order valence-electron chi connectivity index (χ1n) is 7.72. The minimum Gasteiger partial charge on any atom is -0.494 e. The van der Waals surface area contributed by atoms with Gasteiger partial charge in [0.15, 0.2) is 5.75 Å². The van der Waals surface area contributed by atoms with Gasteiger partial charge in [-0.2, -0.15) is 0 Å². The highest BCUT2D eigenvalue weighted by molar-refractivity contribution is 9.10. The van der Waals surface area contributed by atoms with Crippen molar-refractivity contribution in [2.75, 3.05) is 20.2 Å². The Bertz CT molecular complexity index is 698. The number of rotatable bonds is 4. The van der Waals surface area contributed by atoms with Gasteiger partial charge in [0.25, 0.3) is 0 Å². The van der Waals surface area contributed by atoms with Crippen LogP contribution >= 0.6 is 27.5 Å². The van der Waals surface area contributed by atoms with E-state index in [2.05, 4.69) is 25.6 Å². The van der Waals surface area contributed by atoms with Crippen LogP contribution in [0.1, 0.15) is 25.7 Å². The highest BCUT2D eigenvalue weighted by Crippen LogP contribution is 2.36. The van der Waals surface area contributed by atoms with Crippen molar-refractivity contribution in [1.82, 2.24) is 9.62 Å². The monoisotopic (exact) mass is 422 g/mol. The molecule has 128 valence electrons. The molecule has 0 spiro atoms. The molecule has 2 atom stereocenters. The van der Waals surface area contributed by atoms with Gasteiger partial charge in [0.05, 0.1) is 11.6 Å². The molecule has 3 rings (SSSR count). The standard InChI is InChI=1S/C15H20BrClN2O3S/c1-22-15-11(16)8-10(17)9-14(15)23(20,21)18-12-5-7-19-6-3-2-4-13(12)19/h8-9,12-13,18H,2-7H2,1H3. The lowest BCUT2D eigenvalue weighted by molar-refractivity contribution is 0.186. The number of nitrogens with one attached hydrogen (secondary N) is 1. The van der Waals surface area contributed by atoms with E-state index >= 15 is 0 Å². The minimum absolute atomic E-state index is 0.0530. The Morgan fingerprint density at radius 1 is 1.30 bits per heavy atom. The average molecular weight is 424 g/mol. The lowest BCUT2D eigenvalue weighted by Gasteiger charge is -2.32. The molecule has 23 heavy (non-hydrogen) atoms. The molecule has 2 saturated heterocycles. The number of halogens is 2. The third-order valence-electron chi connectivity index (χ3n) is 4.63. The maximum atomic E-state index is 12.9. The van der Waals surface area contributed by atoms with Crippen LogP contribution < -0.4 is 9.46 Å². The van der Waals surface area contributed by atoms with E-state index in [0.29, 0.717) is 15.5 Å². The lowest BCUT2D eigenvalue weighted by atomic mass is 10.00. The van der Waals surface area contributed by atoms with E-state index in [1.807, 2.05) is 0 Å². The smallest absolute Gasteiger partial charge is 0.244 e. The van der Waals surface area contributed by atoms with E-state index in [4.69, 9.17) is 16.3 Å². The van der Waals surface area contributed by atoms with Crippen LogP contribution in [0.3, 0.4) is 0 Å². The summed E-state index contributed by atoms with van der Waals surface area (Å²) in [7, 11) is -2.25. The molecule has 5 nitrogen and oxygen atoms in total. The van der Waals surface area contributed by atoms with Gasteiger partial charge in [-0.15, -0.1) is 0 Å². The highest BCUT2D eigenvalue weighted by atomic mass is 79.9. The average Bonchev–Trinajstić information content (AvgIpc) is 2.89. The van der Waals surface area contributed by atoms with Gasteiger partial charge in [-0.05, 0) is 53.9 Å². The van der Waals surface area contributed by atoms with Crippen LogP contribution in [0.15, 0.2) is 21.5 Å². The molecule has 2 fully saturated rings. The quantitative estimate of drug-likeness (QED) is 0.809. The van der Waals surface area contributed by atoms with Crippen molar-refractivity contribution in [3.8, 4) is 5.75 Å². The summed E-state index contributed by atoms with van der Waals surface area (Å²) < 4.78 is 34.4. The first-order chi connectivity index (χ1) is 10.9. The molecule has 0 radical (unpaired) electrons. The van der Waals surface area contributed by atoms with Gasteiger partial charge in [0.2, 0.25) is 10.0 Å². The number of benzene rings is 1. The van der Waals surface area contributed by atoms with Crippen LogP contribution in [0.2, 0.25) is 5.02 Å². The summed E-state index contributed by atoms with van der Waals surface area (Å²) in [6.45, 7) is 2.02. The number of nitrogens with zero attached hydrogens (tertiary/aromatic N) is 1. The van der Waals surface area contributed by atoms with E-state index < -0.39 is 10.0 Å². The molecule has 2 aliphatic heterocycles. The van der Waals surface area contributed by atoms with Crippen molar-refractivity contribution in [2.45, 2.75) is 42.7 Å². The number of hydrogen-bond donors (Lipinski definition) is 1. The van der Waals surface area contributed by atoms with E-state index in [1.54, 1.807) is 6.07 Å². The molecule has 0 saturated carbocycles. The van der Waals surface area contributed by atoms with Crippen molar-refractivity contribution in [3.05, 3.63) is 21.6 Å². The summed E-state index contributed by atoms with van der Waals surface area (Å²) >= 11 is 9.34. The largest absolute Gasteiger partial charge is 0.494 e. The maximum Gasteiger partial charge on any atom is 0.244 e. The summed E-state index contributed by atoms with van der Waals surface area (Å²) in [6.07, 6.45) is 4.24. The SMILES string of the molecule is COc1c(Br)cc(Cl)cc1S(=O)(=O)NC1CCN2CCCCC12. The van der Waals surface area contributed by atoms with Gasteiger partial charge in [-0.1, -0.05) is 18.0 Å². The summed E-state index contributed by atoms with van der Waals surface area (Å²) in [6, 6.07) is 3.30. The number of hydrogen-bond acceptors (Lipinski definition) is 4. The Balaban J connectivity index is 1.88. The summed E-state index contributed by atoms with van der Waals surface area (Å²) in [5.74, 6) is 0.278. The number of fused-ring (bicyclic) bond motifs is 1. The number of ether oxygens (including phenoxy) is 1. The second-order valence-electron chi connectivity index (χ2n) is 6.03. The van der Waals surface area contributed by atoms with E-state index in [-0.39, 0.29) is 16.7 Å². The Morgan fingerprint density at radius 2 is 2.09 bits per heavy atom. The molecular formula is C15H20BrClN2O3S. The molecule has 2 heterocycles. The fraction of sp³-hybridized carbons (Fsp3) is 0.600. The van der Waals surface area contributed by atoms with Crippen LogP contribution in [-0.2, 0) is 10.0 Å². The van der Waals surface area contributed by atoms with Crippen LogP contribution in [-0.4, -0.2) is 45.6 Å². The fourth-order valence-electron chi connectivity index (χ4n) is 3.58. The van der Waals surface area contributed by atoms with Crippen molar-refractivity contribution in [1.29, 1.82) is 0 Å². The van der Waals surface area contributed by atoms with Crippen molar-refractivity contribution in [3.63, 3.8) is 0 Å². The predicted octanol–water partition coefficient (Wildman–Crippen LogP) is 3.02. The molecule has 2 aliphatic rings. The normalized spacial score (nSPS) is 25.3. The first-order valence-corrected chi connectivity index (χ1v) is 10.4. The lowest BCUT2D eigenvalue weighted by Crippen LogP contribution is -2.46. The van der Waals surface area contributed by atoms with Gasteiger partial charge in [0, 0.05) is 23.7 Å². The van der Waals surface area contributed by atoms with Crippen LogP contribution in [0, 0.1) is 0 Å². The summed E-state index contributed by atoms with van der Waals surface area (Å²) in [5, 5.41) is 0.351. The van der Waals surface area contributed by atoms with Gasteiger partial charge in [-0.25, -0.2) is 13.1 Å². The highest BCUT2D eigenvalue weighted by Gasteiger charge is 2.38.